The molecule has 4 nitrogen and oxygen atoms in total. The molecule has 5 heteroatoms. The van der Waals surface area contributed by atoms with Crippen LogP contribution in [0.25, 0.3) is 0 Å². The zero-order valence-corrected chi connectivity index (χ0v) is 9.48. The van der Waals surface area contributed by atoms with Crippen molar-refractivity contribution < 1.29 is 9.90 Å². The Morgan fingerprint density at radius 1 is 1.24 bits per heavy atom. The van der Waals surface area contributed by atoms with E-state index in [4.69, 9.17) is 16.7 Å². The molecule has 0 saturated carbocycles. The van der Waals surface area contributed by atoms with Gasteiger partial charge in [-0.3, -0.25) is 4.79 Å². The highest BCUT2D eigenvalue weighted by atomic mass is 35.5. The quantitative estimate of drug-likeness (QED) is 0.859. The van der Waals surface area contributed by atoms with E-state index in [0.29, 0.717) is 16.4 Å². The second-order valence-corrected chi connectivity index (χ2v) is 3.74. The van der Waals surface area contributed by atoms with Crippen LogP contribution >= 0.6 is 11.6 Å². The standard InChI is InChI=1S/C12H9ClN2O2/c13-10-2-1-7-14-11(10)15-12(17)8-3-5-9(16)6-4-8/h1-7,16H,(H,14,15,17). The summed E-state index contributed by atoms with van der Waals surface area (Å²) in [5, 5.41) is 12.1. The summed E-state index contributed by atoms with van der Waals surface area (Å²) in [6, 6.07) is 9.23. The molecule has 0 aliphatic carbocycles. The maximum absolute atomic E-state index is 11.8. The summed E-state index contributed by atoms with van der Waals surface area (Å²) in [6.07, 6.45) is 1.54. The lowest BCUT2D eigenvalue weighted by Gasteiger charge is -2.05. The molecule has 0 atom stereocenters. The van der Waals surface area contributed by atoms with Gasteiger partial charge in [-0.15, -0.1) is 0 Å². The van der Waals surface area contributed by atoms with Gasteiger partial charge in [-0.1, -0.05) is 11.6 Å². The van der Waals surface area contributed by atoms with Crippen LogP contribution in [0.3, 0.4) is 0 Å². The van der Waals surface area contributed by atoms with Crippen molar-refractivity contribution in [1.29, 1.82) is 0 Å². The van der Waals surface area contributed by atoms with Crippen molar-refractivity contribution in [2.75, 3.05) is 5.32 Å². The van der Waals surface area contributed by atoms with Gasteiger partial charge in [0.1, 0.15) is 5.75 Å². The van der Waals surface area contributed by atoms with Crippen LogP contribution in [0.2, 0.25) is 5.02 Å². The molecule has 2 rings (SSSR count). The molecular formula is C12H9ClN2O2. The Morgan fingerprint density at radius 3 is 2.59 bits per heavy atom. The average Bonchev–Trinajstić information content (AvgIpc) is 2.33. The van der Waals surface area contributed by atoms with E-state index in [1.54, 1.807) is 12.1 Å². The Hall–Kier alpha value is -2.07. The van der Waals surface area contributed by atoms with Gasteiger partial charge < -0.3 is 10.4 Å². The molecule has 86 valence electrons. The molecule has 0 aliphatic heterocycles. The smallest absolute Gasteiger partial charge is 0.256 e. The van der Waals surface area contributed by atoms with Gasteiger partial charge in [-0.2, -0.15) is 0 Å². The first-order valence-corrected chi connectivity index (χ1v) is 5.25. The van der Waals surface area contributed by atoms with Gasteiger partial charge in [0.2, 0.25) is 0 Å². The summed E-state index contributed by atoms with van der Waals surface area (Å²) in [5.41, 5.74) is 0.421. The Morgan fingerprint density at radius 2 is 1.94 bits per heavy atom. The van der Waals surface area contributed by atoms with E-state index in [0.717, 1.165) is 0 Å². The molecule has 1 heterocycles. The molecule has 2 aromatic rings. The second kappa shape index (κ2) is 4.84. The maximum Gasteiger partial charge on any atom is 0.256 e. The first-order valence-electron chi connectivity index (χ1n) is 4.88. The minimum absolute atomic E-state index is 0.109. The highest BCUT2D eigenvalue weighted by Crippen LogP contribution is 2.18. The lowest BCUT2D eigenvalue weighted by atomic mass is 10.2. The molecule has 0 fully saturated rings. The Bertz CT molecular complexity index is 540. The number of hydrogen-bond donors (Lipinski definition) is 2. The van der Waals surface area contributed by atoms with Crippen LogP contribution in [0.15, 0.2) is 42.6 Å². The topological polar surface area (TPSA) is 62.2 Å². The third-order valence-corrected chi connectivity index (χ3v) is 2.42. The molecule has 17 heavy (non-hydrogen) atoms. The van der Waals surface area contributed by atoms with Gasteiger partial charge in [-0.25, -0.2) is 4.98 Å². The average molecular weight is 249 g/mol. The van der Waals surface area contributed by atoms with E-state index in [1.165, 1.54) is 30.5 Å². The van der Waals surface area contributed by atoms with Crippen LogP contribution in [0.5, 0.6) is 5.75 Å². The van der Waals surface area contributed by atoms with Crippen LogP contribution in [0.1, 0.15) is 10.4 Å². The molecular weight excluding hydrogens is 240 g/mol. The van der Waals surface area contributed by atoms with E-state index in [1.807, 2.05) is 0 Å². The number of nitrogens with one attached hydrogen (secondary N) is 1. The molecule has 1 amide bonds. The summed E-state index contributed by atoms with van der Waals surface area (Å²) < 4.78 is 0. The SMILES string of the molecule is O=C(Nc1ncccc1Cl)c1ccc(O)cc1. The summed E-state index contributed by atoms with van der Waals surface area (Å²) in [6.45, 7) is 0. The lowest BCUT2D eigenvalue weighted by molar-refractivity contribution is 0.102. The van der Waals surface area contributed by atoms with Crippen molar-refractivity contribution in [1.82, 2.24) is 4.98 Å². The number of hydrogen-bond acceptors (Lipinski definition) is 3. The molecule has 1 aromatic carbocycles. The number of carbonyl (C=O) groups is 1. The summed E-state index contributed by atoms with van der Waals surface area (Å²) in [7, 11) is 0. The van der Waals surface area contributed by atoms with E-state index in [-0.39, 0.29) is 11.7 Å². The first-order chi connectivity index (χ1) is 8.16. The number of aromatic hydroxyl groups is 1. The first kappa shape index (κ1) is 11.4. The fourth-order valence-corrected chi connectivity index (χ4v) is 1.44. The molecule has 0 radical (unpaired) electrons. The number of amides is 1. The van der Waals surface area contributed by atoms with Crippen LogP contribution in [-0.2, 0) is 0 Å². The molecule has 0 saturated heterocycles. The Kier molecular flexibility index (Phi) is 3.25. The fraction of sp³-hybridized carbons (Fsp3) is 0. The van der Waals surface area contributed by atoms with Crippen molar-refractivity contribution in [2.45, 2.75) is 0 Å². The number of carbonyl (C=O) groups excluding carboxylic acids is 1. The van der Waals surface area contributed by atoms with Gasteiger partial charge in [0.25, 0.3) is 5.91 Å². The zero-order chi connectivity index (χ0) is 12.3. The van der Waals surface area contributed by atoms with Gasteiger partial charge >= 0.3 is 0 Å². The van der Waals surface area contributed by atoms with Gasteiger partial charge in [0.05, 0.1) is 5.02 Å². The zero-order valence-electron chi connectivity index (χ0n) is 8.72. The minimum Gasteiger partial charge on any atom is -0.508 e. The summed E-state index contributed by atoms with van der Waals surface area (Å²) in [4.78, 5) is 15.7. The van der Waals surface area contributed by atoms with Gasteiger partial charge in [0.15, 0.2) is 5.82 Å². The van der Waals surface area contributed by atoms with E-state index in [9.17, 15) is 4.79 Å². The van der Waals surface area contributed by atoms with Crippen LogP contribution in [0, 0.1) is 0 Å². The predicted octanol–water partition coefficient (Wildman–Crippen LogP) is 2.69. The number of aromatic nitrogens is 1. The van der Waals surface area contributed by atoms with E-state index in [2.05, 4.69) is 10.3 Å². The summed E-state index contributed by atoms with van der Waals surface area (Å²) >= 11 is 5.86. The molecule has 0 aliphatic rings. The van der Waals surface area contributed by atoms with Crippen LogP contribution in [0.4, 0.5) is 5.82 Å². The third kappa shape index (κ3) is 2.73. The fourth-order valence-electron chi connectivity index (χ4n) is 1.27. The number of pyridine rings is 1. The maximum atomic E-state index is 11.8. The third-order valence-electron chi connectivity index (χ3n) is 2.12. The van der Waals surface area contributed by atoms with Crippen LogP contribution in [-0.4, -0.2) is 16.0 Å². The van der Waals surface area contributed by atoms with Crippen molar-refractivity contribution in [2.24, 2.45) is 0 Å². The number of rotatable bonds is 2. The largest absolute Gasteiger partial charge is 0.508 e. The monoisotopic (exact) mass is 248 g/mol. The molecule has 2 N–H and O–H groups in total. The number of nitrogens with zero attached hydrogens (tertiary/aromatic N) is 1. The normalized spacial score (nSPS) is 9.94. The van der Waals surface area contributed by atoms with Gasteiger partial charge in [0, 0.05) is 11.8 Å². The Balaban J connectivity index is 2.17. The number of anilines is 1. The van der Waals surface area contributed by atoms with Crippen molar-refractivity contribution >= 4 is 23.3 Å². The number of phenolic OH excluding ortho intramolecular Hbond substituents is 1. The molecule has 0 unspecified atom stereocenters. The highest BCUT2D eigenvalue weighted by molar-refractivity contribution is 6.33. The highest BCUT2D eigenvalue weighted by Gasteiger charge is 2.08. The van der Waals surface area contributed by atoms with Crippen molar-refractivity contribution in [3.05, 3.63) is 53.2 Å². The second-order valence-electron chi connectivity index (χ2n) is 3.33. The number of benzene rings is 1. The Labute approximate surface area is 103 Å². The predicted molar refractivity (Wildman–Crippen MR) is 65.3 cm³/mol. The lowest BCUT2D eigenvalue weighted by Crippen LogP contribution is -2.12. The summed E-state index contributed by atoms with van der Waals surface area (Å²) in [5.74, 6) is 0.0928. The number of halogens is 1. The van der Waals surface area contributed by atoms with E-state index < -0.39 is 0 Å². The van der Waals surface area contributed by atoms with E-state index >= 15 is 0 Å². The molecule has 0 bridgehead atoms. The van der Waals surface area contributed by atoms with Crippen molar-refractivity contribution in [3.63, 3.8) is 0 Å². The minimum atomic E-state index is -0.328. The number of phenols is 1. The molecule has 1 aromatic heterocycles. The van der Waals surface area contributed by atoms with Gasteiger partial charge in [-0.05, 0) is 36.4 Å². The van der Waals surface area contributed by atoms with Crippen LogP contribution < -0.4 is 5.32 Å². The molecule has 0 spiro atoms. The van der Waals surface area contributed by atoms with Crippen molar-refractivity contribution in [3.8, 4) is 5.75 Å².